The van der Waals surface area contributed by atoms with E-state index in [1.807, 2.05) is 0 Å². The summed E-state index contributed by atoms with van der Waals surface area (Å²) >= 11 is 0. The van der Waals surface area contributed by atoms with Crippen LogP contribution in [0.25, 0.3) is 0 Å². The smallest absolute Gasteiger partial charge is 0.146 e. The standard InChI is InChI=1S/C18H26O2/c1-6-18(7-2)16(19)11-17(18)20-15-10-13(5)8-9-14(15)12(3)4/h8-10,12,17H,6-7,11H2,1-5H3. The summed E-state index contributed by atoms with van der Waals surface area (Å²) in [7, 11) is 0. The first-order valence-corrected chi connectivity index (χ1v) is 7.75. The first-order chi connectivity index (χ1) is 9.44. The first-order valence-electron chi connectivity index (χ1n) is 7.75. The van der Waals surface area contributed by atoms with Crippen molar-refractivity contribution in [2.45, 2.75) is 65.9 Å². The number of ether oxygens (including phenoxy) is 1. The molecule has 0 radical (unpaired) electrons. The molecule has 1 aliphatic rings. The molecule has 2 nitrogen and oxygen atoms in total. The van der Waals surface area contributed by atoms with Crippen LogP contribution >= 0.6 is 0 Å². The summed E-state index contributed by atoms with van der Waals surface area (Å²) in [6.45, 7) is 10.6. The monoisotopic (exact) mass is 274 g/mol. The lowest BCUT2D eigenvalue weighted by atomic mass is 9.61. The molecule has 1 atom stereocenters. The first kappa shape index (κ1) is 15.1. The van der Waals surface area contributed by atoms with Gasteiger partial charge >= 0.3 is 0 Å². The van der Waals surface area contributed by atoms with Crippen molar-refractivity contribution in [3.8, 4) is 5.75 Å². The zero-order valence-corrected chi connectivity index (χ0v) is 13.3. The molecule has 0 N–H and O–H groups in total. The van der Waals surface area contributed by atoms with Crippen molar-refractivity contribution < 1.29 is 9.53 Å². The minimum atomic E-state index is -0.252. The molecule has 110 valence electrons. The zero-order chi connectivity index (χ0) is 14.9. The van der Waals surface area contributed by atoms with Crippen molar-refractivity contribution in [2.24, 2.45) is 5.41 Å². The summed E-state index contributed by atoms with van der Waals surface area (Å²) in [5.74, 6) is 1.76. The molecule has 2 rings (SSSR count). The van der Waals surface area contributed by atoms with E-state index >= 15 is 0 Å². The van der Waals surface area contributed by atoms with Crippen LogP contribution in [0.1, 0.15) is 64.0 Å². The number of hydrogen-bond acceptors (Lipinski definition) is 2. The Balaban J connectivity index is 2.27. The predicted octanol–water partition coefficient (Wildman–Crippen LogP) is 4.65. The zero-order valence-electron chi connectivity index (χ0n) is 13.3. The van der Waals surface area contributed by atoms with E-state index < -0.39 is 0 Å². The van der Waals surface area contributed by atoms with Crippen LogP contribution < -0.4 is 4.74 Å². The van der Waals surface area contributed by atoms with Gasteiger partial charge in [0, 0.05) is 6.42 Å². The van der Waals surface area contributed by atoms with Crippen LogP contribution in [-0.4, -0.2) is 11.9 Å². The fourth-order valence-corrected chi connectivity index (χ4v) is 3.24. The average molecular weight is 274 g/mol. The molecule has 0 aromatic heterocycles. The maximum Gasteiger partial charge on any atom is 0.146 e. The second kappa shape index (κ2) is 5.59. The molecule has 20 heavy (non-hydrogen) atoms. The lowest BCUT2D eigenvalue weighted by Gasteiger charge is -2.46. The maximum absolute atomic E-state index is 12.0. The Labute approximate surface area is 122 Å². The van der Waals surface area contributed by atoms with Crippen LogP contribution in [0.3, 0.4) is 0 Å². The molecule has 1 saturated carbocycles. The van der Waals surface area contributed by atoms with Crippen LogP contribution in [-0.2, 0) is 4.79 Å². The second-order valence-corrected chi connectivity index (χ2v) is 6.29. The van der Waals surface area contributed by atoms with Crippen molar-refractivity contribution in [2.75, 3.05) is 0 Å². The molecular formula is C18H26O2. The largest absolute Gasteiger partial charge is 0.489 e. The number of rotatable bonds is 5. The SMILES string of the molecule is CCC1(CC)C(=O)CC1Oc1cc(C)ccc1C(C)C. The number of carbonyl (C=O) groups excluding carboxylic acids is 1. The van der Waals surface area contributed by atoms with Gasteiger partial charge in [0.1, 0.15) is 17.6 Å². The van der Waals surface area contributed by atoms with Gasteiger partial charge in [-0.3, -0.25) is 4.79 Å². The summed E-state index contributed by atoms with van der Waals surface area (Å²) in [5, 5.41) is 0. The summed E-state index contributed by atoms with van der Waals surface area (Å²) in [6.07, 6.45) is 2.35. The van der Waals surface area contributed by atoms with E-state index in [1.54, 1.807) is 0 Å². The number of Topliss-reactive ketones (excluding diaryl/α,β-unsaturated/α-hetero) is 1. The van der Waals surface area contributed by atoms with Gasteiger partial charge in [-0.15, -0.1) is 0 Å². The van der Waals surface area contributed by atoms with Gasteiger partial charge in [0.15, 0.2) is 0 Å². The summed E-state index contributed by atoms with van der Waals surface area (Å²) in [6, 6.07) is 6.38. The van der Waals surface area contributed by atoms with Gasteiger partial charge in [-0.1, -0.05) is 39.8 Å². The van der Waals surface area contributed by atoms with Crippen molar-refractivity contribution in [3.63, 3.8) is 0 Å². The van der Waals surface area contributed by atoms with Crippen molar-refractivity contribution in [1.29, 1.82) is 0 Å². The Morgan fingerprint density at radius 1 is 1.30 bits per heavy atom. The lowest BCUT2D eigenvalue weighted by Crippen LogP contribution is -2.56. The van der Waals surface area contributed by atoms with Gasteiger partial charge < -0.3 is 4.74 Å². The summed E-state index contributed by atoms with van der Waals surface area (Å²) < 4.78 is 6.27. The molecule has 1 fully saturated rings. The van der Waals surface area contributed by atoms with Crippen molar-refractivity contribution in [1.82, 2.24) is 0 Å². The fraction of sp³-hybridized carbons (Fsp3) is 0.611. The molecule has 0 aliphatic heterocycles. The minimum Gasteiger partial charge on any atom is -0.489 e. The maximum atomic E-state index is 12.0. The molecule has 2 heteroatoms. The Morgan fingerprint density at radius 2 is 1.95 bits per heavy atom. The van der Waals surface area contributed by atoms with Gasteiger partial charge in [0.25, 0.3) is 0 Å². The highest BCUT2D eigenvalue weighted by atomic mass is 16.5. The van der Waals surface area contributed by atoms with E-state index in [1.165, 1.54) is 11.1 Å². The Morgan fingerprint density at radius 3 is 2.45 bits per heavy atom. The number of hydrogen-bond donors (Lipinski definition) is 0. The Bertz CT molecular complexity index is 498. The van der Waals surface area contributed by atoms with Crippen molar-refractivity contribution >= 4 is 5.78 Å². The molecule has 0 saturated heterocycles. The van der Waals surface area contributed by atoms with Gasteiger partial charge in [0.05, 0.1) is 5.41 Å². The lowest BCUT2D eigenvalue weighted by molar-refractivity contribution is -0.153. The third-order valence-electron chi connectivity index (χ3n) is 4.86. The van der Waals surface area contributed by atoms with E-state index in [2.05, 4.69) is 52.8 Å². The van der Waals surface area contributed by atoms with Gasteiger partial charge in [-0.25, -0.2) is 0 Å². The van der Waals surface area contributed by atoms with Crippen LogP contribution in [0.5, 0.6) is 5.75 Å². The molecule has 0 spiro atoms. The van der Waals surface area contributed by atoms with Gasteiger partial charge in [-0.05, 0) is 42.9 Å². The minimum absolute atomic E-state index is 0.0456. The molecule has 0 heterocycles. The van der Waals surface area contributed by atoms with Crippen molar-refractivity contribution in [3.05, 3.63) is 29.3 Å². The second-order valence-electron chi connectivity index (χ2n) is 6.29. The summed E-state index contributed by atoms with van der Waals surface area (Å²) in [4.78, 5) is 12.0. The normalized spacial score (nSPS) is 20.9. The quantitative estimate of drug-likeness (QED) is 0.781. The van der Waals surface area contributed by atoms with E-state index in [9.17, 15) is 4.79 Å². The van der Waals surface area contributed by atoms with E-state index in [0.717, 1.165) is 18.6 Å². The van der Waals surface area contributed by atoms with Crippen LogP contribution in [0, 0.1) is 12.3 Å². The molecule has 1 aliphatic carbocycles. The average Bonchev–Trinajstić information content (AvgIpc) is 2.39. The third kappa shape index (κ3) is 2.36. The number of aryl methyl sites for hydroxylation is 1. The summed E-state index contributed by atoms with van der Waals surface area (Å²) in [5.41, 5.74) is 2.18. The van der Waals surface area contributed by atoms with Crippen LogP contribution in [0.2, 0.25) is 0 Å². The molecule has 0 amide bonds. The number of carbonyl (C=O) groups is 1. The molecule has 1 unspecified atom stereocenters. The van der Waals surface area contributed by atoms with E-state index in [0.29, 0.717) is 18.1 Å². The molecular weight excluding hydrogens is 248 g/mol. The predicted molar refractivity (Wildman–Crippen MR) is 82.3 cm³/mol. The highest BCUT2D eigenvalue weighted by Gasteiger charge is 2.54. The van der Waals surface area contributed by atoms with Gasteiger partial charge in [-0.2, -0.15) is 0 Å². The highest BCUT2D eigenvalue weighted by Crippen LogP contribution is 2.46. The molecule has 1 aromatic carbocycles. The molecule has 0 bridgehead atoms. The number of ketones is 1. The van der Waals surface area contributed by atoms with Gasteiger partial charge in [0.2, 0.25) is 0 Å². The number of benzene rings is 1. The van der Waals surface area contributed by atoms with E-state index in [4.69, 9.17) is 4.74 Å². The molecule has 1 aromatic rings. The third-order valence-corrected chi connectivity index (χ3v) is 4.86. The van der Waals surface area contributed by atoms with E-state index in [-0.39, 0.29) is 11.5 Å². The highest BCUT2D eigenvalue weighted by molar-refractivity contribution is 5.92. The Hall–Kier alpha value is -1.31. The van der Waals surface area contributed by atoms with Crippen LogP contribution in [0.4, 0.5) is 0 Å². The fourth-order valence-electron chi connectivity index (χ4n) is 3.24. The topological polar surface area (TPSA) is 26.3 Å². The van der Waals surface area contributed by atoms with Crippen LogP contribution in [0.15, 0.2) is 18.2 Å². The Kier molecular flexibility index (Phi) is 4.22.